The molecule has 0 aromatic heterocycles. The first-order valence-corrected chi connectivity index (χ1v) is 13.1. The Balaban J connectivity index is 1.41. The summed E-state index contributed by atoms with van der Waals surface area (Å²) in [5.74, 6) is 0. The van der Waals surface area contributed by atoms with E-state index in [0.717, 1.165) is 16.2 Å². The lowest BCUT2D eigenvalue weighted by molar-refractivity contribution is 0.592. The first kappa shape index (κ1) is 20.7. The van der Waals surface area contributed by atoms with Crippen molar-refractivity contribution in [3.05, 3.63) is 133 Å². The van der Waals surface area contributed by atoms with Gasteiger partial charge in [0.25, 0.3) is 0 Å². The topological polar surface area (TPSA) is 41.5 Å². The minimum atomic E-state index is -3.15. The second-order valence-electron chi connectivity index (χ2n) is 8.46. The average Bonchev–Trinajstić information content (AvgIpc) is 2.93. The number of aliphatic imine (C=N–C) groups is 1. The summed E-state index contributed by atoms with van der Waals surface area (Å²) in [5.41, 5.74) is 1.62. The molecule has 1 aliphatic rings. The largest absolute Gasteiger partial charge is 0.356 e. The van der Waals surface area contributed by atoms with Gasteiger partial charge in [0.1, 0.15) is 0 Å². The highest BCUT2D eigenvalue weighted by atomic mass is 31.2. The molecule has 1 heterocycles. The van der Waals surface area contributed by atoms with Crippen molar-refractivity contribution < 1.29 is 4.57 Å². The lowest BCUT2D eigenvalue weighted by Crippen LogP contribution is -2.35. The smallest absolute Gasteiger partial charge is 0.204 e. The van der Waals surface area contributed by atoms with Gasteiger partial charge in [0.15, 0.2) is 5.58 Å². The van der Waals surface area contributed by atoms with Crippen LogP contribution in [-0.2, 0) is 4.57 Å². The monoisotopic (exact) mass is 458 g/mol. The summed E-state index contributed by atoms with van der Waals surface area (Å²) in [7, 11) is -3.15. The van der Waals surface area contributed by atoms with Gasteiger partial charge in [0.05, 0.1) is 6.04 Å². The molecule has 0 fully saturated rings. The van der Waals surface area contributed by atoms with Crippen molar-refractivity contribution in [2.24, 2.45) is 4.99 Å². The molecule has 0 amide bonds. The summed E-state index contributed by atoms with van der Waals surface area (Å²) in [6.07, 6.45) is 3.80. The van der Waals surface area contributed by atoms with Crippen LogP contribution in [0.5, 0.6) is 0 Å². The Hall–Kier alpha value is -3.94. The van der Waals surface area contributed by atoms with E-state index in [9.17, 15) is 4.57 Å². The van der Waals surface area contributed by atoms with Gasteiger partial charge >= 0.3 is 0 Å². The minimum absolute atomic E-state index is 0.121. The third-order valence-corrected chi connectivity index (χ3v) is 9.32. The van der Waals surface area contributed by atoms with Crippen molar-refractivity contribution in [2.75, 3.05) is 0 Å². The second kappa shape index (κ2) is 8.44. The van der Waals surface area contributed by atoms with Gasteiger partial charge in [-0.1, -0.05) is 109 Å². The molecule has 6 rings (SSSR count). The van der Waals surface area contributed by atoms with Gasteiger partial charge in [-0.15, -0.1) is 0 Å². The lowest BCUT2D eigenvalue weighted by atomic mass is 9.97. The van der Waals surface area contributed by atoms with Gasteiger partial charge in [-0.2, -0.15) is 0 Å². The fraction of sp³-hybridized carbons (Fsp3) is 0.0333. The molecule has 0 aliphatic carbocycles. The second-order valence-corrected chi connectivity index (χ2v) is 11.1. The van der Waals surface area contributed by atoms with Crippen LogP contribution < -0.4 is 15.9 Å². The van der Waals surface area contributed by atoms with Gasteiger partial charge in [0, 0.05) is 16.8 Å². The van der Waals surface area contributed by atoms with E-state index in [2.05, 4.69) is 64.9 Å². The Morgan fingerprint density at radius 1 is 0.647 bits per heavy atom. The highest BCUT2D eigenvalue weighted by Gasteiger charge is 2.35. The van der Waals surface area contributed by atoms with Crippen molar-refractivity contribution in [2.45, 2.75) is 6.04 Å². The molecule has 0 bridgehead atoms. The molecular formula is C30H23N2OP. The van der Waals surface area contributed by atoms with E-state index in [4.69, 9.17) is 0 Å². The van der Waals surface area contributed by atoms with Crippen LogP contribution in [0.2, 0.25) is 0 Å². The molecule has 0 radical (unpaired) electrons. The molecule has 0 saturated carbocycles. The number of hydrogen-bond donors (Lipinski definition) is 1. The van der Waals surface area contributed by atoms with Crippen molar-refractivity contribution in [1.29, 1.82) is 0 Å². The molecule has 1 atom stereocenters. The van der Waals surface area contributed by atoms with Crippen LogP contribution in [-0.4, -0.2) is 5.58 Å². The van der Waals surface area contributed by atoms with Gasteiger partial charge in [-0.25, -0.2) is 4.99 Å². The zero-order valence-corrected chi connectivity index (χ0v) is 19.4. The number of fused-ring (bicyclic) bond motifs is 3. The van der Waals surface area contributed by atoms with Gasteiger partial charge in [-0.3, -0.25) is 0 Å². The van der Waals surface area contributed by atoms with Crippen LogP contribution in [0, 0.1) is 0 Å². The summed E-state index contributed by atoms with van der Waals surface area (Å²) in [4.78, 5) is 4.60. The number of amidine groups is 1. The molecule has 0 saturated heterocycles. The Bertz CT molecular complexity index is 1560. The third-order valence-electron chi connectivity index (χ3n) is 6.43. The molecular weight excluding hydrogens is 435 g/mol. The maximum Gasteiger partial charge on any atom is 0.204 e. The van der Waals surface area contributed by atoms with Crippen LogP contribution in [0.4, 0.5) is 0 Å². The predicted octanol–water partition coefficient (Wildman–Crippen LogP) is 6.52. The fourth-order valence-electron chi connectivity index (χ4n) is 4.69. The van der Waals surface area contributed by atoms with E-state index in [0.29, 0.717) is 5.58 Å². The Morgan fingerprint density at radius 3 is 2.00 bits per heavy atom. The quantitative estimate of drug-likeness (QED) is 0.246. The molecule has 5 aromatic rings. The molecule has 0 spiro atoms. The normalized spacial score (nSPS) is 15.8. The Labute approximate surface area is 198 Å². The molecule has 1 aliphatic heterocycles. The van der Waals surface area contributed by atoms with Gasteiger partial charge in [0.2, 0.25) is 7.14 Å². The van der Waals surface area contributed by atoms with E-state index in [-0.39, 0.29) is 6.04 Å². The molecule has 164 valence electrons. The van der Waals surface area contributed by atoms with Gasteiger partial charge in [-0.05, 0) is 39.3 Å². The molecule has 34 heavy (non-hydrogen) atoms. The number of nitrogens with zero attached hydrogens (tertiary/aromatic N) is 1. The first-order valence-electron chi connectivity index (χ1n) is 11.4. The standard InChI is InChI=1S/C30H23N2OP/c33-34(25-10-3-1-4-11-25,26-12-5-2-6-13-26)30-31-20-19-29(32-30)24-17-18-28-23(21-24)16-15-22-9-7-8-14-27(22)28/h1-21,29H,(H,31,32). The highest BCUT2D eigenvalue weighted by Crippen LogP contribution is 2.45. The molecule has 4 heteroatoms. The molecule has 1 N–H and O–H groups in total. The van der Waals surface area contributed by atoms with E-state index < -0.39 is 7.14 Å². The predicted molar refractivity (Wildman–Crippen MR) is 144 cm³/mol. The number of rotatable bonds is 4. The summed E-state index contributed by atoms with van der Waals surface area (Å²) in [6, 6.07) is 38.5. The lowest BCUT2D eigenvalue weighted by Gasteiger charge is -2.27. The van der Waals surface area contributed by atoms with Crippen LogP contribution in [0.1, 0.15) is 11.6 Å². The maximum absolute atomic E-state index is 14.7. The Kier molecular flexibility index (Phi) is 5.13. The van der Waals surface area contributed by atoms with Crippen LogP contribution in [0.3, 0.4) is 0 Å². The van der Waals surface area contributed by atoms with E-state index in [1.54, 1.807) is 6.20 Å². The number of nitrogens with one attached hydrogen (secondary N) is 1. The summed E-state index contributed by atoms with van der Waals surface area (Å²) >= 11 is 0. The summed E-state index contributed by atoms with van der Waals surface area (Å²) in [5, 5.41) is 9.95. The van der Waals surface area contributed by atoms with Gasteiger partial charge < -0.3 is 9.88 Å². The number of benzene rings is 5. The summed E-state index contributed by atoms with van der Waals surface area (Å²) < 4.78 is 14.7. The zero-order chi connectivity index (χ0) is 23.0. The van der Waals surface area contributed by atoms with E-state index >= 15 is 0 Å². The average molecular weight is 459 g/mol. The van der Waals surface area contributed by atoms with Crippen molar-refractivity contribution >= 4 is 44.9 Å². The Morgan fingerprint density at radius 2 is 1.26 bits per heavy atom. The first-order chi connectivity index (χ1) is 16.7. The molecule has 1 unspecified atom stereocenters. The minimum Gasteiger partial charge on any atom is -0.356 e. The fourth-order valence-corrected chi connectivity index (χ4v) is 7.21. The third kappa shape index (κ3) is 3.46. The van der Waals surface area contributed by atoms with Crippen LogP contribution in [0.15, 0.2) is 133 Å². The summed E-state index contributed by atoms with van der Waals surface area (Å²) in [6.45, 7) is 0. The molecule has 3 nitrogen and oxygen atoms in total. The maximum atomic E-state index is 14.7. The zero-order valence-electron chi connectivity index (χ0n) is 18.5. The SMILES string of the molecule is O=P(C1=NC=CC(c2ccc3c(ccc4ccccc43)c2)N1)(c1ccccc1)c1ccccc1. The van der Waals surface area contributed by atoms with Crippen molar-refractivity contribution in [1.82, 2.24) is 5.32 Å². The van der Waals surface area contributed by atoms with Crippen molar-refractivity contribution in [3.63, 3.8) is 0 Å². The van der Waals surface area contributed by atoms with Crippen LogP contribution >= 0.6 is 7.14 Å². The van der Waals surface area contributed by atoms with Crippen molar-refractivity contribution in [3.8, 4) is 0 Å². The van der Waals surface area contributed by atoms with E-state index in [1.807, 2.05) is 66.7 Å². The number of hydrogen-bond acceptors (Lipinski definition) is 3. The van der Waals surface area contributed by atoms with E-state index in [1.165, 1.54) is 21.5 Å². The molecule has 5 aromatic carbocycles. The highest BCUT2D eigenvalue weighted by molar-refractivity contribution is 7.93. The van der Waals surface area contributed by atoms with Crippen LogP contribution in [0.25, 0.3) is 21.5 Å².